The normalized spacial score (nSPS) is 22.8. The van der Waals surface area contributed by atoms with Crippen LogP contribution in [-0.4, -0.2) is 28.1 Å². The summed E-state index contributed by atoms with van der Waals surface area (Å²) in [5.41, 5.74) is 1.40. The van der Waals surface area contributed by atoms with E-state index in [1.54, 1.807) is 4.59 Å². The molecule has 1 fully saturated rings. The molecule has 1 saturated heterocycles. The summed E-state index contributed by atoms with van der Waals surface area (Å²) in [6.45, 7) is 12.1. The van der Waals surface area contributed by atoms with Crippen LogP contribution in [0.2, 0.25) is 0 Å². The van der Waals surface area contributed by atoms with Gasteiger partial charge >= 0.3 is 7.25 Å². The maximum Gasteiger partial charge on any atom is 0.615 e. The third kappa shape index (κ3) is 1.68. The van der Waals surface area contributed by atoms with E-state index in [0.717, 1.165) is 11.4 Å². The minimum Gasteiger partial charge on any atom is -0.383 e. The predicted octanol–water partition coefficient (Wildman–Crippen LogP) is 1.94. The Morgan fingerprint density at radius 1 is 1.12 bits per heavy atom. The number of aromatic nitrogens is 2. The van der Waals surface area contributed by atoms with Gasteiger partial charge in [0.25, 0.3) is 0 Å². The van der Waals surface area contributed by atoms with Gasteiger partial charge in [-0.05, 0) is 47.6 Å². The van der Waals surface area contributed by atoms with Crippen molar-refractivity contribution in [2.45, 2.75) is 52.7 Å². The number of aryl methyl sites for hydroxylation is 2. The molecule has 0 spiro atoms. The molecule has 0 unspecified atom stereocenters. The van der Waals surface area contributed by atoms with Gasteiger partial charge in [-0.25, -0.2) is 0 Å². The third-order valence-electron chi connectivity index (χ3n) is 3.49. The molecular weight excluding hydrogens is 203 g/mol. The number of hydrogen-bond donors (Lipinski definition) is 0. The van der Waals surface area contributed by atoms with Crippen molar-refractivity contribution in [3.8, 4) is 0 Å². The average Bonchev–Trinajstić information content (AvgIpc) is 2.51. The standard InChI is InChI=1S/C11H19BN2O2/c1-8-7-9(2)14(13-8)12-15-10(3,4)11(5,6)16-12/h7H,1-6H3. The second kappa shape index (κ2) is 3.34. The Hall–Kier alpha value is -0.805. The van der Waals surface area contributed by atoms with Gasteiger partial charge in [-0.15, -0.1) is 0 Å². The lowest BCUT2D eigenvalue weighted by Gasteiger charge is -2.32. The maximum absolute atomic E-state index is 5.92. The Labute approximate surface area is 97.1 Å². The molecule has 1 aliphatic heterocycles. The lowest BCUT2D eigenvalue weighted by molar-refractivity contribution is 0.00578. The summed E-state index contributed by atoms with van der Waals surface area (Å²) in [6, 6.07) is 2.02. The van der Waals surface area contributed by atoms with E-state index in [0.29, 0.717) is 0 Å². The van der Waals surface area contributed by atoms with Crippen LogP contribution >= 0.6 is 0 Å². The zero-order chi connectivity index (χ0) is 12.1. The highest BCUT2D eigenvalue weighted by Gasteiger charge is 2.53. The molecular formula is C11H19BN2O2. The van der Waals surface area contributed by atoms with Crippen LogP contribution in [0.25, 0.3) is 0 Å². The zero-order valence-electron chi connectivity index (χ0n) is 10.9. The number of rotatable bonds is 1. The highest BCUT2D eigenvalue weighted by Crippen LogP contribution is 2.37. The Bertz CT molecular complexity index is 396. The fourth-order valence-electron chi connectivity index (χ4n) is 1.77. The molecule has 2 heterocycles. The minimum atomic E-state index is -0.418. The van der Waals surface area contributed by atoms with Crippen molar-refractivity contribution in [2.24, 2.45) is 0 Å². The van der Waals surface area contributed by atoms with E-state index in [4.69, 9.17) is 9.31 Å². The van der Waals surface area contributed by atoms with Gasteiger partial charge in [0.15, 0.2) is 0 Å². The molecule has 0 amide bonds. The molecule has 4 nitrogen and oxygen atoms in total. The SMILES string of the molecule is Cc1cc(C)n(B2OC(C)(C)C(C)(C)O2)n1. The zero-order valence-corrected chi connectivity index (χ0v) is 10.9. The van der Waals surface area contributed by atoms with E-state index >= 15 is 0 Å². The molecule has 0 aromatic carbocycles. The molecule has 16 heavy (non-hydrogen) atoms. The molecule has 5 heteroatoms. The van der Waals surface area contributed by atoms with Crippen LogP contribution < -0.4 is 0 Å². The number of nitrogens with zero attached hydrogens (tertiary/aromatic N) is 2. The highest BCUT2D eigenvalue weighted by molar-refractivity contribution is 6.43. The summed E-state index contributed by atoms with van der Waals surface area (Å²) in [5.74, 6) is 0. The van der Waals surface area contributed by atoms with Gasteiger partial charge in [0.2, 0.25) is 0 Å². The first kappa shape index (κ1) is 11.7. The van der Waals surface area contributed by atoms with Crippen LogP contribution in [0.15, 0.2) is 6.07 Å². The monoisotopic (exact) mass is 222 g/mol. The van der Waals surface area contributed by atoms with E-state index in [1.165, 1.54) is 0 Å². The first-order valence-electron chi connectivity index (χ1n) is 5.61. The van der Waals surface area contributed by atoms with Crippen molar-refractivity contribution >= 4 is 7.25 Å². The van der Waals surface area contributed by atoms with Crippen LogP contribution in [0.1, 0.15) is 39.1 Å². The lowest BCUT2D eigenvalue weighted by atomic mass is 9.90. The summed E-state index contributed by atoms with van der Waals surface area (Å²) >= 11 is 0. The smallest absolute Gasteiger partial charge is 0.383 e. The number of hydrogen-bond acceptors (Lipinski definition) is 3. The molecule has 0 radical (unpaired) electrons. The second-order valence-electron chi connectivity index (χ2n) is 5.44. The second-order valence-corrected chi connectivity index (χ2v) is 5.44. The van der Waals surface area contributed by atoms with Gasteiger partial charge < -0.3 is 9.31 Å². The van der Waals surface area contributed by atoms with E-state index in [-0.39, 0.29) is 11.2 Å². The molecule has 0 N–H and O–H groups in total. The van der Waals surface area contributed by atoms with E-state index < -0.39 is 7.25 Å². The molecule has 0 bridgehead atoms. The quantitative estimate of drug-likeness (QED) is 0.681. The molecule has 0 atom stereocenters. The summed E-state index contributed by atoms with van der Waals surface area (Å²) in [6.07, 6.45) is 0. The summed E-state index contributed by atoms with van der Waals surface area (Å²) in [5, 5.41) is 4.39. The van der Waals surface area contributed by atoms with Crippen molar-refractivity contribution in [2.75, 3.05) is 0 Å². The molecule has 0 saturated carbocycles. The van der Waals surface area contributed by atoms with Crippen molar-refractivity contribution in [1.29, 1.82) is 0 Å². The Balaban J connectivity index is 2.30. The van der Waals surface area contributed by atoms with Gasteiger partial charge in [-0.3, -0.25) is 4.59 Å². The fourth-order valence-corrected chi connectivity index (χ4v) is 1.77. The van der Waals surface area contributed by atoms with Crippen LogP contribution in [-0.2, 0) is 9.31 Å². The Morgan fingerprint density at radius 2 is 1.62 bits per heavy atom. The first-order chi connectivity index (χ1) is 7.23. The van der Waals surface area contributed by atoms with Crippen molar-refractivity contribution in [3.05, 3.63) is 17.5 Å². The van der Waals surface area contributed by atoms with E-state index in [1.807, 2.05) is 47.6 Å². The molecule has 1 aromatic heterocycles. The van der Waals surface area contributed by atoms with E-state index in [2.05, 4.69) is 5.10 Å². The van der Waals surface area contributed by atoms with E-state index in [9.17, 15) is 0 Å². The van der Waals surface area contributed by atoms with Crippen molar-refractivity contribution in [3.63, 3.8) is 0 Å². The molecule has 1 aromatic rings. The summed E-state index contributed by atoms with van der Waals surface area (Å²) in [7, 11) is -0.418. The third-order valence-corrected chi connectivity index (χ3v) is 3.49. The maximum atomic E-state index is 5.92. The largest absolute Gasteiger partial charge is 0.615 e. The molecule has 2 rings (SSSR count). The predicted molar refractivity (Wildman–Crippen MR) is 63.2 cm³/mol. The van der Waals surface area contributed by atoms with Crippen molar-refractivity contribution < 1.29 is 9.31 Å². The molecule has 88 valence electrons. The molecule has 1 aliphatic rings. The topological polar surface area (TPSA) is 36.3 Å². The van der Waals surface area contributed by atoms with Crippen LogP contribution in [0.5, 0.6) is 0 Å². The van der Waals surface area contributed by atoms with Crippen LogP contribution in [0.4, 0.5) is 0 Å². The van der Waals surface area contributed by atoms with Gasteiger partial charge in [-0.1, -0.05) is 0 Å². The van der Waals surface area contributed by atoms with Crippen LogP contribution in [0.3, 0.4) is 0 Å². The lowest BCUT2D eigenvalue weighted by Crippen LogP contribution is -2.41. The van der Waals surface area contributed by atoms with Crippen molar-refractivity contribution in [1.82, 2.24) is 9.69 Å². The summed E-state index contributed by atoms with van der Waals surface area (Å²) in [4.78, 5) is 0. The fraction of sp³-hybridized carbons (Fsp3) is 0.727. The van der Waals surface area contributed by atoms with Gasteiger partial charge in [0.1, 0.15) is 0 Å². The molecule has 0 aliphatic carbocycles. The first-order valence-corrected chi connectivity index (χ1v) is 5.61. The Kier molecular flexibility index (Phi) is 2.44. The van der Waals surface area contributed by atoms with Gasteiger partial charge in [0, 0.05) is 5.69 Å². The summed E-state index contributed by atoms with van der Waals surface area (Å²) < 4.78 is 13.6. The minimum absolute atomic E-state index is 0.316. The van der Waals surface area contributed by atoms with Crippen LogP contribution in [0, 0.1) is 13.8 Å². The van der Waals surface area contributed by atoms with Gasteiger partial charge in [-0.2, -0.15) is 5.10 Å². The van der Waals surface area contributed by atoms with Gasteiger partial charge in [0.05, 0.1) is 16.9 Å². The highest BCUT2D eigenvalue weighted by atomic mass is 16.7. The Morgan fingerprint density at radius 3 is 2.00 bits per heavy atom. The average molecular weight is 222 g/mol.